The highest BCUT2D eigenvalue weighted by atomic mass is 79.9. The number of piperidine rings is 1. The Morgan fingerprint density at radius 3 is 3.05 bits per heavy atom. The highest BCUT2D eigenvalue weighted by Crippen LogP contribution is 2.24. The first-order valence-electron chi connectivity index (χ1n) is 7.24. The first-order valence-corrected chi connectivity index (χ1v) is 8.91. The van der Waals surface area contributed by atoms with Crippen molar-refractivity contribution < 1.29 is 4.79 Å². The summed E-state index contributed by atoms with van der Waals surface area (Å²) in [4.78, 5) is 14.2. The molecule has 1 aliphatic rings. The summed E-state index contributed by atoms with van der Waals surface area (Å²) >= 11 is 5.12. The van der Waals surface area contributed by atoms with Gasteiger partial charge in [0.15, 0.2) is 0 Å². The predicted octanol–water partition coefficient (Wildman–Crippen LogP) is 3.49. The molecule has 2 rings (SSSR count). The molecular formula is C15H23BrN2OS. The van der Waals surface area contributed by atoms with Gasteiger partial charge in [-0.25, -0.2) is 0 Å². The molecule has 0 radical (unpaired) electrons. The lowest BCUT2D eigenvalue weighted by atomic mass is 9.85. The summed E-state index contributed by atoms with van der Waals surface area (Å²) in [5.74, 6) is 1.37. The first-order chi connectivity index (χ1) is 9.56. The quantitative estimate of drug-likeness (QED) is 0.873. The van der Waals surface area contributed by atoms with Gasteiger partial charge in [-0.1, -0.05) is 6.92 Å². The second-order valence-electron chi connectivity index (χ2n) is 5.80. The van der Waals surface area contributed by atoms with Gasteiger partial charge in [0, 0.05) is 20.0 Å². The van der Waals surface area contributed by atoms with Crippen molar-refractivity contribution in [2.24, 2.45) is 11.8 Å². The van der Waals surface area contributed by atoms with E-state index in [1.165, 1.54) is 18.4 Å². The third-order valence-corrected chi connectivity index (χ3v) is 5.66. The molecule has 2 unspecified atom stereocenters. The Hall–Kier alpha value is -0.390. The zero-order valence-electron chi connectivity index (χ0n) is 12.2. The van der Waals surface area contributed by atoms with Crippen LogP contribution in [0.1, 0.15) is 31.7 Å². The second-order valence-corrected chi connectivity index (χ2v) is 8.09. The molecule has 0 aliphatic carbocycles. The number of thiophene rings is 1. The van der Waals surface area contributed by atoms with Crippen LogP contribution in [0.4, 0.5) is 0 Å². The lowest BCUT2D eigenvalue weighted by Gasteiger charge is -2.29. The second kappa shape index (κ2) is 7.57. The van der Waals surface area contributed by atoms with Gasteiger partial charge in [0.25, 0.3) is 0 Å². The van der Waals surface area contributed by atoms with Crippen molar-refractivity contribution in [1.29, 1.82) is 0 Å². The van der Waals surface area contributed by atoms with Crippen molar-refractivity contribution in [3.8, 4) is 0 Å². The molecule has 2 atom stereocenters. The molecule has 3 nitrogen and oxygen atoms in total. The summed E-state index contributed by atoms with van der Waals surface area (Å²) in [6.07, 6.45) is 3.15. The smallest absolute Gasteiger partial charge is 0.222 e. The molecule has 112 valence electrons. The Kier molecular flexibility index (Phi) is 6.05. The number of hydrogen-bond donors (Lipinski definition) is 1. The third kappa shape index (κ3) is 4.57. The molecule has 1 aromatic rings. The van der Waals surface area contributed by atoms with Crippen LogP contribution in [-0.2, 0) is 11.3 Å². The minimum Gasteiger partial charge on any atom is -0.341 e. The topological polar surface area (TPSA) is 32.3 Å². The molecule has 0 bridgehead atoms. The number of carbonyl (C=O) groups excluding carboxylic acids is 1. The lowest BCUT2D eigenvalue weighted by Crippen LogP contribution is -2.36. The number of halogens is 1. The van der Waals surface area contributed by atoms with Gasteiger partial charge in [0.1, 0.15) is 0 Å². The van der Waals surface area contributed by atoms with Gasteiger partial charge < -0.3 is 10.2 Å². The van der Waals surface area contributed by atoms with Crippen molar-refractivity contribution in [2.45, 2.75) is 32.7 Å². The van der Waals surface area contributed by atoms with Crippen molar-refractivity contribution in [3.63, 3.8) is 0 Å². The van der Waals surface area contributed by atoms with E-state index >= 15 is 0 Å². The highest BCUT2D eigenvalue weighted by molar-refractivity contribution is 9.11. The Bertz CT molecular complexity index is 443. The number of nitrogens with one attached hydrogen (secondary N) is 1. The molecule has 0 spiro atoms. The number of carbonyl (C=O) groups is 1. The van der Waals surface area contributed by atoms with E-state index in [1.807, 2.05) is 11.9 Å². The summed E-state index contributed by atoms with van der Waals surface area (Å²) < 4.78 is 1.12. The maximum absolute atomic E-state index is 12.3. The Labute approximate surface area is 133 Å². The van der Waals surface area contributed by atoms with Gasteiger partial charge in [-0.3, -0.25) is 4.79 Å². The summed E-state index contributed by atoms with van der Waals surface area (Å²) in [5.41, 5.74) is 1.20. The van der Waals surface area contributed by atoms with Crippen molar-refractivity contribution >= 4 is 33.2 Å². The van der Waals surface area contributed by atoms with Gasteiger partial charge in [-0.15, -0.1) is 11.3 Å². The zero-order valence-corrected chi connectivity index (χ0v) is 14.6. The maximum Gasteiger partial charge on any atom is 0.222 e. The van der Waals surface area contributed by atoms with Gasteiger partial charge in [-0.2, -0.15) is 0 Å². The normalized spacial score (nSPS) is 20.6. The van der Waals surface area contributed by atoms with Crippen LogP contribution in [-0.4, -0.2) is 30.9 Å². The zero-order chi connectivity index (χ0) is 14.5. The molecule has 1 amide bonds. The summed E-state index contributed by atoms with van der Waals surface area (Å²) in [6, 6.07) is 2.09. The fourth-order valence-electron chi connectivity index (χ4n) is 2.75. The predicted molar refractivity (Wildman–Crippen MR) is 87.9 cm³/mol. The van der Waals surface area contributed by atoms with Crippen molar-refractivity contribution in [1.82, 2.24) is 10.2 Å². The first kappa shape index (κ1) is 16.0. The molecule has 1 N–H and O–H groups in total. The van der Waals surface area contributed by atoms with E-state index in [4.69, 9.17) is 0 Å². The molecule has 0 saturated carbocycles. The van der Waals surface area contributed by atoms with Crippen molar-refractivity contribution in [2.75, 3.05) is 20.1 Å². The minimum atomic E-state index is 0.255. The fraction of sp³-hybridized carbons (Fsp3) is 0.667. The number of amides is 1. The monoisotopic (exact) mass is 358 g/mol. The minimum absolute atomic E-state index is 0.255. The largest absolute Gasteiger partial charge is 0.341 e. The van der Waals surface area contributed by atoms with Crippen LogP contribution in [0.3, 0.4) is 0 Å². The molecule has 2 heterocycles. The van der Waals surface area contributed by atoms with E-state index in [0.29, 0.717) is 24.8 Å². The third-order valence-electron chi connectivity index (χ3n) is 4.10. The van der Waals surface area contributed by atoms with Gasteiger partial charge in [0.2, 0.25) is 5.91 Å². The average molecular weight is 359 g/mol. The van der Waals surface area contributed by atoms with Gasteiger partial charge >= 0.3 is 0 Å². The molecule has 1 aromatic heterocycles. The van der Waals surface area contributed by atoms with E-state index in [0.717, 1.165) is 16.9 Å². The number of hydrogen-bond acceptors (Lipinski definition) is 3. The SMILES string of the molecule is CC(CC(=O)N(C)Cc1csc(Br)c1)C1CCCNC1. The molecule has 5 heteroatoms. The average Bonchev–Trinajstić information content (AvgIpc) is 2.85. The number of rotatable bonds is 5. The van der Waals surface area contributed by atoms with Crippen LogP contribution in [0.5, 0.6) is 0 Å². The van der Waals surface area contributed by atoms with E-state index < -0.39 is 0 Å². The van der Waals surface area contributed by atoms with Crippen LogP contribution in [0.25, 0.3) is 0 Å². The molecular weight excluding hydrogens is 336 g/mol. The molecule has 1 aliphatic heterocycles. The molecule has 0 aromatic carbocycles. The highest BCUT2D eigenvalue weighted by Gasteiger charge is 2.23. The Balaban J connectivity index is 1.80. The molecule has 1 fully saturated rings. The molecule has 20 heavy (non-hydrogen) atoms. The van der Waals surface area contributed by atoms with E-state index in [1.54, 1.807) is 11.3 Å². The van der Waals surface area contributed by atoms with Crippen LogP contribution < -0.4 is 5.32 Å². The van der Waals surface area contributed by atoms with E-state index in [9.17, 15) is 4.79 Å². The summed E-state index contributed by atoms with van der Waals surface area (Å²) in [7, 11) is 1.90. The lowest BCUT2D eigenvalue weighted by molar-refractivity contribution is -0.131. The maximum atomic E-state index is 12.3. The van der Waals surface area contributed by atoms with Gasteiger partial charge in [0.05, 0.1) is 3.79 Å². The summed E-state index contributed by atoms with van der Waals surface area (Å²) in [6.45, 7) is 5.11. The Morgan fingerprint density at radius 1 is 1.65 bits per heavy atom. The molecule has 1 saturated heterocycles. The van der Waals surface area contributed by atoms with Crippen LogP contribution in [0, 0.1) is 11.8 Å². The van der Waals surface area contributed by atoms with Crippen molar-refractivity contribution in [3.05, 3.63) is 20.8 Å². The number of nitrogens with zero attached hydrogens (tertiary/aromatic N) is 1. The van der Waals surface area contributed by atoms with Crippen LogP contribution >= 0.6 is 27.3 Å². The Morgan fingerprint density at radius 2 is 2.45 bits per heavy atom. The van der Waals surface area contributed by atoms with Crippen LogP contribution in [0.15, 0.2) is 15.2 Å². The standard InChI is InChI=1S/C15H23BrN2OS/c1-11(13-4-3-5-17-8-13)6-15(19)18(2)9-12-7-14(16)20-10-12/h7,10-11,13,17H,3-6,8-9H2,1-2H3. The van der Waals surface area contributed by atoms with Gasteiger partial charge in [-0.05, 0) is 70.7 Å². The van der Waals surface area contributed by atoms with E-state index in [2.05, 4.69) is 39.6 Å². The fourth-order valence-corrected chi connectivity index (χ4v) is 3.95. The van der Waals surface area contributed by atoms with Crippen LogP contribution in [0.2, 0.25) is 0 Å². The summed E-state index contributed by atoms with van der Waals surface area (Å²) in [5, 5.41) is 5.53. The van der Waals surface area contributed by atoms with E-state index in [-0.39, 0.29) is 5.91 Å².